The molecule has 20 heavy (non-hydrogen) atoms. The third kappa shape index (κ3) is 2.51. The van der Waals surface area contributed by atoms with Crippen LogP contribution in [0, 0.1) is 0 Å². The van der Waals surface area contributed by atoms with Gasteiger partial charge in [0, 0.05) is 24.8 Å². The molecule has 0 bridgehead atoms. The van der Waals surface area contributed by atoms with Crippen LogP contribution in [0.15, 0.2) is 18.3 Å². The van der Waals surface area contributed by atoms with Crippen molar-refractivity contribution in [2.75, 3.05) is 7.11 Å². The minimum atomic E-state index is -0.401. The van der Waals surface area contributed by atoms with Crippen LogP contribution in [0.25, 0.3) is 0 Å². The van der Waals surface area contributed by atoms with Crippen LogP contribution >= 0.6 is 0 Å². The van der Waals surface area contributed by atoms with E-state index in [1.165, 1.54) is 4.90 Å². The molecule has 3 rings (SSSR count). The molecule has 2 aliphatic rings. The van der Waals surface area contributed by atoms with Crippen LogP contribution in [-0.2, 0) is 16.1 Å². The number of carbonyl (C=O) groups is 2. The summed E-state index contributed by atoms with van der Waals surface area (Å²) < 4.78 is 5.05. The number of hydrogen-bond acceptors (Lipinski definition) is 5. The summed E-state index contributed by atoms with van der Waals surface area (Å²) in [6, 6.07) is 3.42. The Balaban J connectivity index is 1.61. The van der Waals surface area contributed by atoms with E-state index >= 15 is 0 Å². The van der Waals surface area contributed by atoms with Gasteiger partial charge in [-0.2, -0.15) is 0 Å². The lowest BCUT2D eigenvalue weighted by Gasteiger charge is -2.14. The third-order valence-electron chi connectivity index (χ3n) is 3.66. The fraction of sp³-hybridized carbons (Fsp3) is 0.500. The van der Waals surface area contributed by atoms with Crippen molar-refractivity contribution in [2.45, 2.75) is 37.9 Å². The SMILES string of the molecule is COc1cc(CNC2CC(=O)N(C3CC3)C2=O)ccn1. The molecule has 1 saturated carbocycles. The lowest BCUT2D eigenvalue weighted by Crippen LogP contribution is -2.39. The van der Waals surface area contributed by atoms with E-state index in [0.717, 1.165) is 18.4 Å². The van der Waals surface area contributed by atoms with Gasteiger partial charge in [-0.05, 0) is 24.5 Å². The fourth-order valence-corrected chi connectivity index (χ4v) is 2.44. The van der Waals surface area contributed by atoms with Gasteiger partial charge in [-0.15, -0.1) is 0 Å². The molecule has 2 amide bonds. The number of methoxy groups -OCH3 is 1. The van der Waals surface area contributed by atoms with Crippen LogP contribution in [0.5, 0.6) is 5.88 Å². The maximum atomic E-state index is 12.1. The van der Waals surface area contributed by atoms with Gasteiger partial charge in [-0.3, -0.25) is 14.5 Å². The molecule has 1 aromatic rings. The third-order valence-corrected chi connectivity index (χ3v) is 3.66. The molecule has 0 spiro atoms. The lowest BCUT2D eigenvalue weighted by molar-refractivity contribution is -0.139. The highest BCUT2D eigenvalue weighted by atomic mass is 16.5. The Labute approximate surface area is 117 Å². The van der Waals surface area contributed by atoms with Crippen LogP contribution in [0.2, 0.25) is 0 Å². The largest absolute Gasteiger partial charge is 0.481 e. The molecule has 1 unspecified atom stereocenters. The van der Waals surface area contributed by atoms with E-state index in [1.807, 2.05) is 12.1 Å². The van der Waals surface area contributed by atoms with Crippen molar-refractivity contribution in [1.29, 1.82) is 0 Å². The van der Waals surface area contributed by atoms with E-state index < -0.39 is 6.04 Å². The number of ether oxygens (including phenoxy) is 1. The van der Waals surface area contributed by atoms with Crippen molar-refractivity contribution < 1.29 is 14.3 Å². The van der Waals surface area contributed by atoms with Gasteiger partial charge in [0.1, 0.15) is 0 Å². The standard InChI is InChI=1S/C14H17N3O3/c1-20-12-6-9(4-5-15-12)8-16-11-7-13(18)17(14(11)19)10-2-3-10/h4-6,10-11,16H,2-3,7-8H2,1H3. The maximum absolute atomic E-state index is 12.1. The first-order valence-corrected chi connectivity index (χ1v) is 6.77. The predicted molar refractivity (Wildman–Crippen MR) is 70.9 cm³/mol. The Bertz CT molecular complexity index is 542. The molecule has 2 fully saturated rings. The van der Waals surface area contributed by atoms with E-state index in [9.17, 15) is 9.59 Å². The van der Waals surface area contributed by atoms with E-state index in [0.29, 0.717) is 12.4 Å². The average Bonchev–Trinajstić information content (AvgIpc) is 3.24. The summed E-state index contributed by atoms with van der Waals surface area (Å²) in [6.07, 6.45) is 3.82. The van der Waals surface area contributed by atoms with Crippen molar-refractivity contribution in [1.82, 2.24) is 15.2 Å². The fourth-order valence-electron chi connectivity index (χ4n) is 2.44. The van der Waals surface area contributed by atoms with E-state index in [4.69, 9.17) is 4.74 Å². The quantitative estimate of drug-likeness (QED) is 0.791. The molecule has 106 valence electrons. The van der Waals surface area contributed by atoms with Gasteiger partial charge in [0.25, 0.3) is 0 Å². The number of aromatic nitrogens is 1. The molecule has 0 radical (unpaired) electrons. The van der Waals surface area contributed by atoms with Gasteiger partial charge in [-0.25, -0.2) is 4.98 Å². The van der Waals surface area contributed by atoms with E-state index in [1.54, 1.807) is 13.3 Å². The summed E-state index contributed by atoms with van der Waals surface area (Å²) in [5.74, 6) is 0.401. The topological polar surface area (TPSA) is 71.5 Å². The van der Waals surface area contributed by atoms with Crippen molar-refractivity contribution in [3.8, 4) is 5.88 Å². The lowest BCUT2D eigenvalue weighted by atomic mass is 10.2. The van der Waals surface area contributed by atoms with Gasteiger partial charge in [0.2, 0.25) is 17.7 Å². The first kappa shape index (κ1) is 13.1. The summed E-state index contributed by atoms with van der Waals surface area (Å²) in [5.41, 5.74) is 0.974. The van der Waals surface area contributed by atoms with Crippen molar-refractivity contribution >= 4 is 11.8 Å². The van der Waals surface area contributed by atoms with E-state index in [2.05, 4.69) is 10.3 Å². The molecule has 1 aromatic heterocycles. The number of pyridine rings is 1. The van der Waals surface area contributed by atoms with Gasteiger partial charge in [-0.1, -0.05) is 0 Å². The zero-order valence-corrected chi connectivity index (χ0v) is 11.3. The van der Waals surface area contributed by atoms with Crippen molar-refractivity contribution in [3.63, 3.8) is 0 Å². The Hall–Kier alpha value is -1.95. The van der Waals surface area contributed by atoms with Gasteiger partial charge >= 0.3 is 0 Å². The van der Waals surface area contributed by atoms with Gasteiger partial charge in [0.05, 0.1) is 19.6 Å². The van der Waals surface area contributed by atoms with Crippen LogP contribution in [0.3, 0.4) is 0 Å². The van der Waals surface area contributed by atoms with Gasteiger partial charge < -0.3 is 10.1 Å². The number of nitrogens with one attached hydrogen (secondary N) is 1. The Kier molecular flexibility index (Phi) is 3.40. The molecule has 1 saturated heterocycles. The Morgan fingerprint density at radius 2 is 2.25 bits per heavy atom. The first-order valence-electron chi connectivity index (χ1n) is 6.77. The normalized spacial score (nSPS) is 22.4. The molecule has 6 nitrogen and oxygen atoms in total. The number of carbonyl (C=O) groups excluding carboxylic acids is 2. The van der Waals surface area contributed by atoms with Crippen molar-refractivity contribution in [3.05, 3.63) is 23.9 Å². The van der Waals surface area contributed by atoms with Crippen LogP contribution in [0.1, 0.15) is 24.8 Å². The van der Waals surface area contributed by atoms with Crippen LogP contribution in [0.4, 0.5) is 0 Å². The molecule has 2 heterocycles. The first-order chi connectivity index (χ1) is 9.69. The maximum Gasteiger partial charge on any atom is 0.247 e. The van der Waals surface area contributed by atoms with E-state index in [-0.39, 0.29) is 24.3 Å². The van der Waals surface area contributed by atoms with Crippen molar-refractivity contribution in [2.24, 2.45) is 0 Å². The highest BCUT2D eigenvalue weighted by molar-refractivity contribution is 6.06. The minimum absolute atomic E-state index is 0.0534. The number of likely N-dealkylation sites (tertiary alicyclic amines) is 1. The molecule has 6 heteroatoms. The molecule has 1 atom stereocenters. The van der Waals surface area contributed by atoms with Gasteiger partial charge in [0.15, 0.2) is 0 Å². The molecule has 0 aromatic carbocycles. The summed E-state index contributed by atoms with van der Waals surface area (Å²) >= 11 is 0. The zero-order valence-electron chi connectivity index (χ0n) is 11.3. The van der Waals surface area contributed by atoms with Crippen LogP contribution in [-0.4, -0.2) is 40.9 Å². The zero-order chi connectivity index (χ0) is 14.1. The predicted octanol–water partition coefficient (Wildman–Crippen LogP) is 0.470. The molecule has 1 N–H and O–H groups in total. The number of rotatable bonds is 5. The summed E-state index contributed by atoms with van der Waals surface area (Å²) in [7, 11) is 1.56. The molecular formula is C14H17N3O3. The smallest absolute Gasteiger partial charge is 0.247 e. The highest BCUT2D eigenvalue weighted by Gasteiger charge is 2.45. The minimum Gasteiger partial charge on any atom is -0.481 e. The second-order valence-corrected chi connectivity index (χ2v) is 5.18. The number of imide groups is 1. The highest BCUT2D eigenvalue weighted by Crippen LogP contribution is 2.31. The Morgan fingerprint density at radius 1 is 1.45 bits per heavy atom. The molecule has 1 aliphatic heterocycles. The molecule has 1 aliphatic carbocycles. The Morgan fingerprint density at radius 3 is 2.95 bits per heavy atom. The summed E-state index contributed by atoms with van der Waals surface area (Å²) in [5, 5.41) is 3.15. The number of amides is 2. The second kappa shape index (κ2) is 5.20. The molecular weight excluding hydrogens is 258 g/mol. The summed E-state index contributed by atoms with van der Waals surface area (Å²) in [4.78, 5) is 29.4. The van der Waals surface area contributed by atoms with Crippen LogP contribution < -0.4 is 10.1 Å². The average molecular weight is 275 g/mol. The number of nitrogens with zero attached hydrogens (tertiary/aromatic N) is 2. The second-order valence-electron chi connectivity index (χ2n) is 5.18. The summed E-state index contributed by atoms with van der Waals surface area (Å²) in [6.45, 7) is 0.515. The monoisotopic (exact) mass is 275 g/mol. The number of hydrogen-bond donors (Lipinski definition) is 1.